The first kappa shape index (κ1) is 63.1. The number of allylic oxidation sites excluding steroid dienone is 2. The number of nitrogens with zero attached hydrogens (tertiary/aromatic N) is 8. The number of ether oxygens (including phenoxy) is 2. The van der Waals surface area contributed by atoms with Gasteiger partial charge in [0.2, 0.25) is 0 Å². The zero-order valence-corrected chi connectivity index (χ0v) is 52.9. The molecule has 2 unspecified atom stereocenters. The first-order valence-corrected chi connectivity index (χ1v) is 34.8. The number of azide groups is 2. The Morgan fingerprint density at radius 1 is 0.602 bits per heavy atom. The summed E-state index contributed by atoms with van der Waals surface area (Å²) in [6, 6.07) is -1.76. The molecular weight excluding hydrogens is 1170 g/mol. The average molecular weight is 1260 g/mol. The molecule has 2 aliphatic heterocycles. The van der Waals surface area contributed by atoms with Crippen molar-refractivity contribution in [3.8, 4) is 0 Å². The minimum atomic E-state index is -4.39. The van der Waals surface area contributed by atoms with Gasteiger partial charge in [0.05, 0.1) is 49.7 Å². The molecule has 88 heavy (non-hydrogen) atoms. The molecule has 2 aromatic heterocycles. The molecule has 10 aliphatic rings. The molecule has 8 fully saturated rings. The summed E-state index contributed by atoms with van der Waals surface area (Å²) in [4.78, 5) is 87.5. The highest BCUT2D eigenvalue weighted by Crippen LogP contribution is 2.67. The highest BCUT2D eigenvalue weighted by atomic mass is 31.2. The van der Waals surface area contributed by atoms with Crippen molar-refractivity contribution in [1.82, 2.24) is 29.3 Å². The SMILES string of the molecule is Cc1cn([C@H]2C[C@H](N=[N+]=[N-])[C@@H](COP(=O)(NCCNP(=O)(OC[C@H]3O[C@@H](n4cc(C)c(=O)[nH]c4=O)C[C@@H]3N=[N+]=[N-])O[C@H]3CC[C@@]4(C)C(=CC[C@@H]5[C@@H]4CC[C@]4(C)C(=O)CC[C@@H]54)C3)O[C@H]3CC[C@@]4(C)C(=CC[C@@H]5[C@@H]4CC[C@]4(C)C(=O)CC[C@@H]54)C3)O2)c(=O)[nH]c1=O. The molecule has 8 aliphatic carbocycles. The fraction of sp³-hybridized carbons (Fsp3) is 0.767. The summed E-state index contributed by atoms with van der Waals surface area (Å²) in [5.74, 6) is 3.04. The summed E-state index contributed by atoms with van der Waals surface area (Å²) in [7, 11) is -8.79. The van der Waals surface area contributed by atoms with Crippen molar-refractivity contribution in [1.29, 1.82) is 0 Å². The van der Waals surface area contributed by atoms with Gasteiger partial charge in [0, 0.05) is 82.9 Å². The Labute approximate surface area is 509 Å². The Hall–Kier alpha value is -5.06. The number of fused-ring (bicyclic) bond motifs is 10. The third-order valence-corrected chi connectivity index (χ3v) is 26.7. The lowest BCUT2D eigenvalue weighted by Gasteiger charge is -2.57. The number of carbonyl (C=O) groups is 2. The van der Waals surface area contributed by atoms with E-state index < -0.39 is 100 Å². The van der Waals surface area contributed by atoms with Gasteiger partial charge in [-0.3, -0.25) is 56.4 Å². The minimum Gasteiger partial charge on any atom is -0.352 e. The average Bonchev–Trinajstić information content (AvgIpc) is 1.33. The lowest BCUT2D eigenvalue weighted by molar-refractivity contribution is -0.132. The highest BCUT2D eigenvalue weighted by molar-refractivity contribution is 7.52. The molecule has 28 heteroatoms. The van der Waals surface area contributed by atoms with Crippen molar-refractivity contribution in [2.75, 3.05) is 26.3 Å². The van der Waals surface area contributed by atoms with Crippen LogP contribution in [0.5, 0.6) is 0 Å². The second-order valence-corrected chi connectivity index (χ2v) is 31.5. The van der Waals surface area contributed by atoms with Gasteiger partial charge in [0.15, 0.2) is 0 Å². The van der Waals surface area contributed by atoms with Crippen molar-refractivity contribution < 1.29 is 46.3 Å². The van der Waals surface area contributed by atoms with Gasteiger partial charge in [0.1, 0.15) is 24.0 Å². The fourth-order valence-electron chi connectivity index (χ4n) is 18.4. The standard InChI is InChI=1S/C60H84N12O14P2/c1-33-29-71(55(77)65-53(33)75)51-27-45(67-69-61)47(83-51)31-81-87(79,85-37-15-19-57(3)35(25-37)7-9-39-41-11-13-49(73)59(41,5)21-17-43(39)57)63-23-24-64-88(80,82-32-48-46(68-70-62)28-52(84-48)72-30-34(2)54(76)66-56(72)78)86-38-16-20-58(4)36(26-38)8-10-40-42-12-14-50(74)60(42,6)22-18-44(40)58/h7-8,29-30,37-48,51-52H,9-28,31-32H2,1-6H3,(H,63,79)(H,64,80)(H,65,75,77)(H,66,76,78)/t37-,38-,39-,40-,41-,42-,43-,44-,45-,46-,47+,48+,51+,52+,57-,58-,59-,60-,87?,88?/m0/s1. The van der Waals surface area contributed by atoms with Crippen LogP contribution in [0.3, 0.4) is 0 Å². The zero-order valence-electron chi connectivity index (χ0n) is 51.1. The monoisotopic (exact) mass is 1260 g/mol. The van der Waals surface area contributed by atoms with Crippen molar-refractivity contribution in [2.45, 2.75) is 206 Å². The van der Waals surface area contributed by atoms with Crippen LogP contribution in [0.15, 0.2) is 65.1 Å². The fourth-order valence-corrected chi connectivity index (χ4v) is 21.4. The van der Waals surface area contributed by atoms with Crippen molar-refractivity contribution >= 4 is 27.1 Å². The Morgan fingerprint density at radius 2 is 0.989 bits per heavy atom. The van der Waals surface area contributed by atoms with E-state index in [9.17, 15) is 39.8 Å². The molecule has 2 aromatic rings. The van der Waals surface area contributed by atoms with Gasteiger partial charge in [-0.2, -0.15) is 0 Å². The molecule has 0 bridgehead atoms. The van der Waals surface area contributed by atoms with Gasteiger partial charge in [-0.15, -0.1) is 0 Å². The maximum absolute atomic E-state index is 15.5. The first-order valence-electron chi connectivity index (χ1n) is 31.7. The molecule has 0 aromatic carbocycles. The molecule has 0 spiro atoms. The Balaban J connectivity index is 0.781. The number of carbonyl (C=O) groups excluding carboxylic acids is 2. The summed E-state index contributed by atoms with van der Waals surface area (Å²) < 4.78 is 71.9. The van der Waals surface area contributed by atoms with Gasteiger partial charge in [-0.05, 0) is 161 Å². The van der Waals surface area contributed by atoms with E-state index in [2.05, 4.69) is 80.0 Å². The number of rotatable bonds is 19. The van der Waals surface area contributed by atoms with E-state index >= 15 is 9.13 Å². The van der Waals surface area contributed by atoms with E-state index in [-0.39, 0.29) is 58.7 Å². The number of ketones is 2. The highest BCUT2D eigenvalue weighted by Gasteiger charge is 2.61. The third kappa shape index (κ3) is 11.5. The number of aromatic nitrogens is 4. The number of hydrogen-bond acceptors (Lipinski definition) is 16. The number of Topliss-reactive ketones (excluding diaryl/α,β-unsaturated/α-hetero) is 2. The smallest absolute Gasteiger partial charge is 0.352 e. The van der Waals surface area contributed by atoms with Crippen LogP contribution < -0.4 is 32.7 Å². The van der Waals surface area contributed by atoms with Gasteiger partial charge in [-0.25, -0.2) is 28.9 Å². The van der Waals surface area contributed by atoms with Gasteiger partial charge in [-0.1, -0.05) is 61.2 Å². The van der Waals surface area contributed by atoms with Crippen molar-refractivity contribution in [2.24, 2.45) is 67.4 Å². The van der Waals surface area contributed by atoms with Crippen LogP contribution >= 0.6 is 15.5 Å². The van der Waals surface area contributed by atoms with Crippen LogP contribution in [0, 0.1) is 71.0 Å². The molecule has 0 amide bonds. The second-order valence-electron chi connectivity index (χ2n) is 27.9. The van der Waals surface area contributed by atoms with E-state index in [0.717, 1.165) is 64.2 Å². The van der Waals surface area contributed by atoms with E-state index in [4.69, 9.17) is 27.6 Å². The number of aryl methyl sites for hydroxylation is 2. The van der Waals surface area contributed by atoms with Gasteiger partial charge in [0.25, 0.3) is 11.1 Å². The number of nitrogens with one attached hydrogen (secondary N) is 4. The minimum absolute atomic E-state index is 0.0369. The predicted octanol–water partition coefficient (Wildman–Crippen LogP) is 9.90. The summed E-state index contributed by atoms with van der Waals surface area (Å²) in [6.45, 7) is 10.9. The van der Waals surface area contributed by atoms with Crippen LogP contribution in [0.2, 0.25) is 0 Å². The molecule has 478 valence electrons. The van der Waals surface area contributed by atoms with Crippen LogP contribution in [-0.2, 0) is 46.3 Å². The second kappa shape index (κ2) is 24.2. The molecule has 20 atom stereocenters. The maximum Gasteiger partial charge on any atom is 0.405 e. The van der Waals surface area contributed by atoms with Gasteiger partial charge >= 0.3 is 26.9 Å². The molecule has 6 saturated carbocycles. The van der Waals surface area contributed by atoms with Crippen LogP contribution in [-0.4, -0.2) is 93.5 Å². The molecule has 4 heterocycles. The molecular formula is C60H84N12O14P2. The zero-order chi connectivity index (χ0) is 62.3. The summed E-state index contributed by atoms with van der Waals surface area (Å²) in [5, 5.41) is 13.9. The van der Waals surface area contributed by atoms with E-state index in [0.29, 0.717) is 85.6 Å². The first-order chi connectivity index (χ1) is 41.9. The molecule has 26 nitrogen and oxygen atoms in total. The summed E-state index contributed by atoms with van der Waals surface area (Å²) in [5.41, 5.74) is 18.9. The van der Waals surface area contributed by atoms with Crippen molar-refractivity contribution in [3.63, 3.8) is 0 Å². The van der Waals surface area contributed by atoms with Crippen molar-refractivity contribution in [3.05, 3.63) is 109 Å². The Kier molecular flexibility index (Phi) is 17.4. The van der Waals surface area contributed by atoms with Crippen LogP contribution in [0.25, 0.3) is 20.9 Å². The van der Waals surface area contributed by atoms with Crippen LogP contribution in [0.4, 0.5) is 0 Å². The largest absolute Gasteiger partial charge is 0.405 e. The van der Waals surface area contributed by atoms with Crippen LogP contribution in [0.1, 0.15) is 167 Å². The quantitative estimate of drug-likeness (QED) is 0.0254. The lowest BCUT2D eigenvalue weighted by atomic mass is 9.48. The number of H-pyrrole nitrogens is 2. The maximum atomic E-state index is 15.5. The number of aromatic amines is 2. The topological polar surface area (TPSA) is 355 Å². The molecule has 12 rings (SSSR count). The van der Waals surface area contributed by atoms with Gasteiger partial charge < -0.3 is 9.47 Å². The third-order valence-electron chi connectivity index (χ3n) is 23.4. The molecule has 2 saturated heterocycles. The predicted molar refractivity (Wildman–Crippen MR) is 321 cm³/mol. The summed E-state index contributed by atoms with van der Waals surface area (Å²) >= 11 is 0. The van der Waals surface area contributed by atoms with E-state index in [1.807, 2.05) is 0 Å². The van der Waals surface area contributed by atoms with E-state index in [1.54, 1.807) is 13.8 Å². The Morgan fingerprint density at radius 3 is 1.39 bits per heavy atom. The molecule has 4 N–H and O–H groups in total. The normalized spacial score (nSPS) is 39.6. The lowest BCUT2D eigenvalue weighted by Crippen LogP contribution is -2.50. The molecule has 0 radical (unpaired) electrons. The van der Waals surface area contributed by atoms with E-state index in [1.165, 1.54) is 32.7 Å². The Bertz CT molecular complexity index is 3400. The number of hydrogen-bond donors (Lipinski definition) is 4. The summed E-state index contributed by atoms with van der Waals surface area (Å²) in [6.07, 6.45) is 14.4.